The lowest BCUT2D eigenvalue weighted by molar-refractivity contribution is -0.141. The molecule has 0 spiro atoms. The van der Waals surface area contributed by atoms with Crippen LogP contribution in [0.15, 0.2) is 0 Å². The molecule has 98 valence electrons. The molecule has 1 heterocycles. The molecule has 1 amide bonds. The fourth-order valence-corrected chi connectivity index (χ4v) is 2.64. The van der Waals surface area contributed by atoms with Gasteiger partial charge in [-0.05, 0) is 19.4 Å². The Balaban J connectivity index is 2.59. The summed E-state index contributed by atoms with van der Waals surface area (Å²) >= 11 is 3.29. The van der Waals surface area contributed by atoms with Gasteiger partial charge in [-0.25, -0.2) is 0 Å². The van der Waals surface area contributed by atoms with E-state index in [1.807, 2.05) is 4.90 Å². The zero-order valence-electron chi connectivity index (χ0n) is 10.2. The maximum atomic E-state index is 11.7. The Kier molecular flexibility index (Phi) is 5.91. The number of carbonyl (C=O) groups excluding carboxylic acids is 2. The van der Waals surface area contributed by atoms with Crippen molar-refractivity contribution >= 4 is 27.8 Å². The molecule has 0 aromatic carbocycles. The Bertz CT molecular complexity index is 286. The second-order valence-corrected chi connectivity index (χ2v) is 5.22. The molecule has 1 rings (SSSR count). The molecule has 5 nitrogen and oxygen atoms in total. The van der Waals surface area contributed by atoms with E-state index in [9.17, 15) is 9.59 Å². The van der Waals surface area contributed by atoms with Crippen LogP contribution in [0.25, 0.3) is 0 Å². The summed E-state index contributed by atoms with van der Waals surface area (Å²) in [6.07, 6.45) is 2.97. The van der Waals surface area contributed by atoms with E-state index in [2.05, 4.69) is 26.0 Å². The molecule has 2 unspecified atom stereocenters. The smallest absolute Gasteiger partial charge is 0.320 e. The third-order valence-corrected chi connectivity index (χ3v) is 3.68. The molecular formula is C11H19BrN2O3. The summed E-state index contributed by atoms with van der Waals surface area (Å²) in [4.78, 5) is 24.7. The number of hydrogen-bond acceptors (Lipinski definition) is 4. The summed E-state index contributed by atoms with van der Waals surface area (Å²) in [5, 5.41) is 2.67. The highest BCUT2D eigenvalue weighted by Gasteiger charge is 2.30. The van der Waals surface area contributed by atoms with Crippen molar-refractivity contribution in [2.75, 3.05) is 27.2 Å². The molecule has 0 bridgehead atoms. The van der Waals surface area contributed by atoms with Crippen molar-refractivity contribution in [2.45, 2.75) is 30.1 Å². The van der Waals surface area contributed by atoms with Crippen LogP contribution in [-0.2, 0) is 14.3 Å². The standard InChI is InChI=1S/C11H19BrN2O3/c1-13-10(15)9-5-3-4-6-14(9)7-8(12)11(16)17-2/h8-9H,3-7H2,1-2H3,(H,13,15). The molecule has 0 aromatic rings. The van der Waals surface area contributed by atoms with E-state index in [0.29, 0.717) is 6.54 Å². The van der Waals surface area contributed by atoms with Crippen LogP contribution in [0.1, 0.15) is 19.3 Å². The molecule has 0 saturated carbocycles. The molecule has 1 aliphatic heterocycles. The lowest BCUT2D eigenvalue weighted by Gasteiger charge is -2.35. The number of alkyl halides is 1. The molecule has 1 saturated heterocycles. The van der Waals surface area contributed by atoms with E-state index in [1.165, 1.54) is 7.11 Å². The van der Waals surface area contributed by atoms with Crippen molar-refractivity contribution in [3.05, 3.63) is 0 Å². The first-order valence-electron chi connectivity index (χ1n) is 5.77. The molecule has 0 radical (unpaired) electrons. The van der Waals surface area contributed by atoms with Crippen LogP contribution < -0.4 is 5.32 Å². The fourth-order valence-electron chi connectivity index (χ4n) is 2.08. The van der Waals surface area contributed by atoms with Gasteiger partial charge in [-0.2, -0.15) is 0 Å². The van der Waals surface area contributed by atoms with Crippen molar-refractivity contribution in [2.24, 2.45) is 0 Å². The number of methoxy groups -OCH3 is 1. The minimum absolute atomic E-state index is 0.0225. The topological polar surface area (TPSA) is 58.6 Å². The van der Waals surface area contributed by atoms with E-state index in [4.69, 9.17) is 0 Å². The number of halogens is 1. The average Bonchev–Trinajstić information content (AvgIpc) is 2.37. The van der Waals surface area contributed by atoms with Crippen LogP contribution in [0, 0.1) is 0 Å². The summed E-state index contributed by atoms with van der Waals surface area (Å²) in [6.45, 7) is 1.35. The van der Waals surface area contributed by atoms with Crippen LogP contribution in [0.4, 0.5) is 0 Å². The van der Waals surface area contributed by atoms with Gasteiger partial charge >= 0.3 is 5.97 Å². The molecule has 0 aliphatic carbocycles. The monoisotopic (exact) mass is 306 g/mol. The Hall–Kier alpha value is -0.620. The summed E-state index contributed by atoms with van der Waals surface area (Å²) < 4.78 is 4.66. The van der Waals surface area contributed by atoms with E-state index < -0.39 is 0 Å². The largest absolute Gasteiger partial charge is 0.468 e. The number of likely N-dealkylation sites (N-methyl/N-ethyl adjacent to an activating group) is 1. The van der Waals surface area contributed by atoms with E-state index in [1.54, 1.807) is 7.05 Å². The van der Waals surface area contributed by atoms with Gasteiger partial charge in [-0.1, -0.05) is 22.4 Å². The van der Waals surface area contributed by atoms with Gasteiger partial charge in [0.1, 0.15) is 4.83 Å². The van der Waals surface area contributed by atoms with Crippen LogP contribution in [-0.4, -0.2) is 54.9 Å². The van der Waals surface area contributed by atoms with Crippen LogP contribution in [0.3, 0.4) is 0 Å². The molecule has 2 atom stereocenters. The first-order chi connectivity index (χ1) is 8.10. The Morgan fingerprint density at radius 3 is 2.82 bits per heavy atom. The van der Waals surface area contributed by atoms with Crippen molar-refractivity contribution in [1.29, 1.82) is 0 Å². The van der Waals surface area contributed by atoms with Crippen LogP contribution >= 0.6 is 15.9 Å². The molecule has 6 heteroatoms. The third-order valence-electron chi connectivity index (χ3n) is 3.01. The molecule has 1 fully saturated rings. The fraction of sp³-hybridized carbons (Fsp3) is 0.818. The zero-order chi connectivity index (χ0) is 12.8. The number of likely N-dealkylation sites (tertiary alicyclic amines) is 1. The summed E-state index contributed by atoms with van der Waals surface area (Å²) in [5.74, 6) is -0.277. The summed E-state index contributed by atoms with van der Waals surface area (Å²) in [5.41, 5.74) is 0. The summed E-state index contributed by atoms with van der Waals surface area (Å²) in [6, 6.07) is -0.126. The van der Waals surface area contributed by atoms with Gasteiger partial charge in [0, 0.05) is 13.6 Å². The maximum absolute atomic E-state index is 11.7. The highest BCUT2D eigenvalue weighted by Crippen LogP contribution is 2.19. The number of esters is 1. The molecular weight excluding hydrogens is 288 g/mol. The number of nitrogens with zero attached hydrogens (tertiary/aromatic N) is 1. The number of nitrogens with one attached hydrogen (secondary N) is 1. The average molecular weight is 307 g/mol. The molecule has 1 N–H and O–H groups in total. The predicted molar refractivity (Wildman–Crippen MR) is 68.0 cm³/mol. The molecule has 17 heavy (non-hydrogen) atoms. The van der Waals surface area contributed by atoms with Crippen molar-refractivity contribution in [1.82, 2.24) is 10.2 Å². The number of carbonyl (C=O) groups is 2. The van der Waals surface area contributed by atoms with Crippen molar-refractivity contribution < 1.29 is 14.3 Å². The lowest BCUT2D eigenvalue weighted by atomic mass is 10.0. The number of piperidine rings is 1. The van der Waals surface area contributed by atoms with Gasteiger partial charge in [-0.3, -0.25) is 14.5 Å². The predicted octanol–water partition coefficient (Wildman–Crippen LogP) is 0.523. The highest BCUT2D eigenvalue weighted by atomic mass is 79.9. The maximum Gasteiger partial charge on any atom is 0.320 e. The van der Waals surface area contributed by atoms with Crippen LogP contribution in [0.2, 0.25) is 0 Å². The number of amides is 1. The molecule has 1 aliphatic rings. The number of hydrogen-bond donors (Lipinski definition) is 1. The Labute approximate surface area is 110 Å². The minimum atomic E-state index is -0.377. The first kappa shape index (κ1) is 14.4. The van der Waals surface area contributed by atoms with Gasteiger partial charge in [0.25, 0.3) is 0 Å². The van der Waals surface area contributed by atoms with E-state index in [0.717, 1.165) is 25.8 Å². The van der Waals surface area contributed by atoms with Gasteiger partial charge in [0.15, 0.2) is 0 Å². The third kappa shape index (κ3) is 3.96. The van der Waals surface area contributed by atoms with E-state index >= 15 is 0 Å². The van der Waals surface area contributed by atoms with Crippen LogP contribution in [0.5, 0.6) is 0 Å². The second kappa shape index (κ2) is 6.96. The lowest BCUT2D eigenvalue weighted by Crippen LogP contribution is -2.51. The van der Waals surface area contributed by atoms with Crippen molar-refractivity contribution in [3.8, 4) is 0 Å². The first-order valence-corrected chi connectivity index (χ1v) is 6.69. The normalized spacial score (nSPS) is 22.9. The summed E-state index contributed by atoms with van der Waals surface area (Å²) in [7, 11) is 3.00. The number of ether oxygens (including phenoxy) is 1. The molecule has 0 aromatic heterocycles. The van der Waals surface area contributed by atoms with Gasteiger partial charge in [0.05, 0.1) is 13.2 Å². The van der Waals surface area contributed by atoms with E-state index in [-0.39, 0.29) is 22.7 Å². The second-order valence-electron chi connectivity index (χ2n) is 4.11. The van der Waals surface area contributed by atoms with Gasteiger partial charge in [0.2, 0.25) is 5.91 Å². The van der Waals surface area contributed by atoms with Gasteiger partial charge < -0.3 is 10.1 Å². The number of rotatable bonds is 4. The Morgan fingerprint density at radius 2 is 2.24 bits per heavy atom. The van der Waals surface area contributed by atoms with Crippen molar-refractivity contribution in [3.63, 3.8) is 0 Å². The minimum Gasteiger partial charge on any atom is -0.468 e. The SMILES string of the molecule is CNC(=O)C1CCCCN1CC(Br)C(=O)OC. The Morgan fingerprint density at radius 1 is 1.53 bits per heavy atom. The quantitative estimate of drug-likeness (QED) is 0.608. The zero-order valence-corrected chi connectivity index (χ0v) is 11.8. The highest BCUT2D eigenvalue weighted by molar-refractivity contribution is 9.10. The van der Waals surface area contributed by atoms with Gasteiger partial charge in [-0.15, -0.1) is 0 Å².